The summed E-state index contributed by atoms with van der Waals surface area (Å²) in [6, 6.07) is 7.39. The molecule has 0 saturated carbocycles. The number of hydrogen-bond donors (Lipinski definition) is 2. The molecule has 7 nitrogen and oxygen atoms in total. The summed E-state index contributed by atoms with van der Waals surface area (Å²) in [5.41, 5.74) is 3.29. The van der Waals surface area contributed by atoms with Gasteiger partial charge in [-0.1, -0.05) is 20.8 Å². The Hall–Kier alpha value is -2.70. The highest BCUT2D eigenvalue weighted by molar-refractivity contribution is 5.80. The molecule has 7 heteroatoms. The first-order chi connectivity index (χ1) is 10.4. The Morgan fingerprint density at radius 1 is 1.23 bits per heavy atom. The second-order valence-electron chi connectivity index (χ2n) is 5.74. The van der Waals surface area contributed by atoms with E-state index in [9.17, 15) is 4.79 Å². The van der Waals surface area contributed by atoms with Crippen molar-refractivity contribution < 1.29 is 4.74 Å². The molecule has 2 aromatic rings. The summed E-state index contributed by atoms with van der Waals surface area (Å²) in [4.78, 5) is 14.5. The fourth-order valence-electron chi connectivity index (χ4n) is 1.74. The standard InChI is InChI=1S/C15H19N5O2/c1-15(2,3)12-13(21)17-14(20-18-12)19-16-9-10-5-7-11(22-4)8-6-10/h5-9H,1-4H3,(H2,17,19,20,21)/b16-9-. The van der Waals surface area contributed by atoms with Crippen LogP contribution in [0.25, 0.3) is 0 Å². The summed E-state index contributed by atoms with van der Waals surface area (Å²) in [6.07, 6.45) is 1.61. The van der Waals surface area contributed by atoms with Crippen LogP contribution in [0.15, 0.2) is 34.2 Å². The quantitative estimate of drug-likeness (QED) is 0.665. The van der Waals surface area contributed by atoms with Gasteiger partial charge in [-0.25, -0.2) is 5.43 Å². The number of rotatable bonds is 4. The van der Waals surface area contributed by atoms with Crippen LogP contribution in [0, 0.1) is 0 Å². The van der Waals surface area contributed by atoms with Gasteiger partial charge < -0.3 is 4.74 Å². The first-order valence-electron chi connectivity index (χ1n) is 6.81. The van der Waals surface area contributed by atoms with Crippen molar-refractivity contribution in [3.8, 4) is 5.75 Å². The maximum absolute atomic E-state index is 11.9. The highest BCUT2D eigenvalue weighted by Gasteiger charge is 2.20. The summed E-state index contributed by atoms with van der Waals surface area (Å²) >= 11 is 0. The van der Waals surface area contributed by atoms with E-state index in [4.69, 9.17) is 4.74 Å². The van der Waals surface area contributed by atoms with Crippen molar-refractivity contribution in [2.24, 2.45) is 5.10 Å². The molecule has 0 saturated heterocycles. The number of hydrazone groups is 1. The maximum atomic E-state index is 11.9. The molecule has 0 fully saturated rings. The van der Waals surface area contributed by atoms with E-state index in [0.29, 0.717) is 5.69 Å². The number of anilines is 1. The molecule has 1 aromatic carbocycles. The second-order valence-corrected chi connectivity index (χ2v) is 5.74. The number of benzene rings is 1. The van der Waals surface area contributed by atoms with Crippen LogP contribution in [0.3, 0.4) is 0 Å². The second kappa shape index (κ2) is 6.38. The van der Waals surface area contributed by atoms with E-state index in [-0.39, 0.29) is 16.9 Å². The van der Waals surface area contributed by atoms with Gasteiger partial charge in [-0.15, -0.1) is 10.2 Å². The van der Waals surface area contributed by atoms with Crippen LogP contribution < -0.4 is 15.7 Å². The minimum atomic E-state index is -0.356. The van der Waals surface area contributed by atoms with Crippen LogP contribution in [-0.2, 0) is 5.41 Å². The van der Waals surface area contributed by atoms with Crippen LogP contribution in [0.4, 0.5) is 5.95 Å². The summed E-state index contributed by atoms with van der Waals surface area (Å²) in [5.74, 6) is 0.973. The van der Waals surface area contributed by atoms with Gasteiger partial charge in [0.05, 0.1) is 13.3 Å². The lowest BCUT2D eigenvalue weighted by atomic mass is 9.93. The Bertz CT molecular complexity index is 714. The molecular weight excluding hydrogens is 282 g/mol. The van der Waals surface area contributed by atoms with Crippen molar-refractivity contribution in [1.29, 1.82) is 0 Å². The maximum Gasteiger partial charge on any atom is 0.274 e. The third-order valence-electron chi connectivity index (χ3n) is 2.91. The number of methoxy groups -OCH3 is 1. The molecule has 1 heterocycles. The molecule has 0 unspecified atom stereocenters. The summed E-state index contributed by atoms with van der Waals surface area (Å²) in [6.45, 7) is 5.71. The van der Waals surface area contributed by atoms with E-state index in [1.807, 2.05) is 45.0 Å². The minimum absolute atomic E-state index is 0.197. The van der Waals surface area contributed by atoms with Gasteiger partial charge in [-0.2, -0.15) is 5.10 Å². The Kier molecular flexibility index (Phi) is 4.55. The number of H-pyrrole nitrogens is 1. The van der Waals surface area contributed by atoms with Gasteiger partial charge in [-0.05, 0) is 29.8 Å². The van der Waals surface area contributed by atoms with E-state index in [1.54, 1.807) is 13.3 Å². The normalized spacial score (nSPS) is 11.6. The first-order valence-corrected chi connectivity index (χ1v) is 6.81. The highest BCUT2D eigenvalue weighted by Crippen LogP contribution is 2.15. The van der Waals surface area contributed by atoms with E-state index in [2.05, 4.69) is 25.7 Å². The SMILES string of the molecule is COc1ccc(/C=N\Nc2nnc(C(C)(C)C)c(=O)[nH]2)cc1. The molecule has 0 amide bonds. The van der Waals surface area contributed by atoms with Gasteiger partial charge in [0.1, 0.15) is 11.4 Å². The number of ether oxygens (including phenoxy) is 1. The lowest BCUT2D eigenvalue weighted by Gasteiger charge is -2.15. The monoisotopic (exact) mass is 301 g/mol. The zero-order valence-electron chi connectivity index (χ0n) is 13.0. The largest absolute Gasteiger partial charge is 0.497 e. The zero-order valence-corrected chi connectivity index (χ0v) is 13.0. The lowest BCUT2D eigenvalue weighted by molar-refractivity contribution is 0.415. The predicted molar refractivity (Wildman–Crippen MR) is 85.6 cm³/mol. The Morgan fingerprint density at radius 2 is 1.91 bits per heavy atom. The first kappa shape index (κ1) is 15.7. The van der Waals surface area contributed by atoms with Crippen LogP contribution in [0.2, 0.25) is 0 Å². The highest BCUT2D eigenvalue weighted by atomic mass is 16.5. The smallest absolute Gasteiger partial charge is 0.274 e. The van der Waals surface area contributed by atoms with Crippen molar-refractivity contribution in [2.75, 3.05) is 12.5 Å². The van der Waals surface area contributed by atoms with E-state index >= 15 is 0 Å². The molecule has 0 atom stereocenters. The van der Waals surface area contributed by atoms with Crippen molar-refractivity contribution in [2.45, 2.75) is 26.2 Å². The van der Waals surface area contributed by atoms with Gasteiger partial charge in [0.15, 0.2) is 0 Å². The van der Waals surface area contributed by atoms with Gasteiger partial charge in [0.2, 0.25) is 5.95 Å². The fraction of sp³-hybridized carbons (Fsp3) is 0.333. The average molecular weight is 301 g/mol. The molecular formula is C15H19N5O2. The Labute approximate surface area is 128 Å². The van der Waals surface area contributed by atoms with Crippen LogP contribution >= 0.6 is 0 Å². The lowest BCUT2D eigenvalue weighted by Crippen LogP contribution is -2.28. The Balaban J connectivity index is 2.06. The third kappa shape index (κ3) is 3.91. The molecule has 2 N–H and O–H groups in total. The number of aromatic amines is 1. The van der Waals surface area contributed by atoms with Crippen molar-refractivity contribution in [3.05, 3.63) is 45.9 Å². The van der Waals surface area contributed by atoms with Crippen molar-refractivity contribution in [3.63, 3.8) is 0 Å². The van der Waals surface area contributed by atoms with E-state index < -0.39 is 0 Å². The fourth-order valence-corrected chi connectivity index (χ4v) is 1.74. The van der Waals surface area contributed by atoms with Crippen molar-refractivity contribution in [1.82, 2.24) is 15.2 Å². The number of aromatic nitrogens is 3. The molecule has 1 aromatic heterocycles. The van der Waals surface area contributed by atoms with E-state index in [1.165, 1.54) is 0 Å². The summed E-state index contributed by atoms with van der Waals surface area (Å²) < 4.78 is 5.08. The minimum Gasteiger partial charge on any atom is -0.497 e. The summed E-state index contributed by atoms with van der Waals surface area (Å²) in [7, 11) is 1.61. The molecule has 116 valence electrons. The van der Waals surface area contributed by atoms with Crippen LogP contribution in [0.1, 0.15) is 32.0 Å². The molecule has 0 spiro atoms. The molecule has 0 radical (unpaired) electrons. The molecule has 0 aliphatic rings. The summed E-state index contributed by atoms with van der Waals surface area (Å²) in [5, 5.41) is 11.9. The van der Waals surface area contributed by atoms with Gasteiger partial charge >= 0.3 is 0 Å². The van der Waals surface area contributed by atoms with Gasteiger partial charge in [0.25, 0.3) is 5.56 Å². The van der Waals surface area contributed by atoms with Crippen LogP contribution in [-0.4, -0.2) is 28.5 Å². The molecule has 0 bridgehead atoms. The average Bonchev–Trinajstić information content (AvgIpc) is 2.47. The molecule has 0 aliphatic heterocycles. The Morgan fingerprint density at radius 3 is 2.45 bits per heavy atom. The predicted octanol–water partition coefficient (Wildman–Crippen LogP) is 1.92. The van der Waals surface area contributed by atoms with Crippen LogP contribution in [0.5, 0.6) is 5.75 Å². The van der Waals surface area contributed by atoms with Crippen molar-refractivity contribution >= 4 is 12.2 Å². The zero-order chi connectivity index (χ0) is 16.2. The number of nitrogens with one attached hydrogen (secondary N) is 2. The molecule has 0 aliphatic carbocycles. The molecule has 2 rings (SSSR count). The van der Waals surface area contributed by atoms with E-state index in [0.717, 1.165) is 11.3 Å². The van der Waals surface area contributed by atoms with Gasteiger partial charge in [0, 0.05) is 5.41 Å². The van der Waals surface area contributed by atoms with Gasteiger partial charge in [-0.3, -0.25) is 9.78 Å². The topological polar surface area (TPSA) is 92.3 Å². The molecule has 22 heavy (non-hydrogen) atoms. The number of hydrogen-bond acceptors (Lipinski definition) is 6. The third-order valence-corrected chi connectivity index (χ3v) is 2.91. The number of nitrogens with zero attached hydrogens (tertiary/aromatic N) is 3.